The number of nitrogens with one attached hydrogen (secondary N) is 1. The summed E-state index contributed by atoms with van der Waals surface area (Å²) in [6.45, 7) is 6.49. The van der Waals surface area contributed by atoms with Crippen LogP contribution < -0.4 is 5.32 Å². The molecule has 1 amide bonds. The molecule has 6 nitrogen and oxygen atoms in total. The minimum atomic E-state index is -0.287. The molecule has 6 heteroatoms. The van der Waals surface area contributed by atoms with Gasteiger partial charge in [0.15, 0.2) is 0 Å². The van der Waals surface area contributed by atoms with E-state index in [1.807, 2.05) is 7.05 Å². The first kappa shape index (κ1) is 17.4. The lowest BCUT2D eigenvalue weighted by atomic mass is 9.92. The summed E-state index contributed by atoms with van der Waals surface area (Å²) in [6.07, 6.45) is 9.18. The molecule has 2 heterocycles. The Morgan fingerprint density at radius 2 is 1.92 bits per heavy atom. The largest absolute Gasteiger partial charge is 0.344 e. The van der Waals surface area contributed by atoms with Crippen LogP contribution in [-0.4, -0.2) is 44.2 Å². The summed E-state index contributed by atoms with van der Waals surface area (Å²) in [7, 11) is 1.90. The number of likely N-dealkylation sites (tertiary alicyclic amines) is 1. The third-order valence-electron chi connectivity index (χ3n) is 5.64. The Labute approximate surface area is 145 Å². The molecule has 24 heavy (non-hydrogen) atoms. The van der Waals surface area contributed by atoms with Gasteiger partial charge >= 0.3 is 0 Å². The Hall–Kier alpha value is -1.43. The van der Waals surface area contributed by atoms with Crippen LogP contribution in [0.2, 0.25) is 0 Å². The van der Waals surface area contributed by atoms with Gasteiger partial charge < -0.3 is 5.32 Å². The molecule has 2 fully saturated rings. The summed E-state index contributed by atoms with van der Waals surface area (Å²) >= 11 is 0. The van der Waals surface area contributed by atoms with Gasteiger partial charge in [-0.2, -0.15) is 5.10 Å². The van der Waals surface area contributed by atoms with Crippen molar-refractivity contribution >= 4 is 5.91 Å². The molecule has 0 bridgehead atoms. The second-order valence-electron chi connectivity index (χ2n) is 7.83. The molecule has 1 saturated heterocycles. The molecule has 2 aliphatic rings. The van der Waals surface area contributed by atoms with Gasteiger partial charge in [0.25, 0.3) is 0 Å². The molecule has 1 saturated carbocycles. The van der Waals surface area contributed by atoms with Crippen molar-refractivity contribution in [2.75, 3.05) is 13.1 Å². The van der Waals surface area contributed by atoms with E-state index in [4.69, 9.17) is 0 Å². The SMILES string of the molecule is CC(C)C[C@H](NC(=O)C1(N2CCCC2)CCCC1)c1ncnn1C. The number of aromatic nitrogens is 3. The molecule has 1 atom stereocenters. The van der Waals surface area contributed by atoms with Crippen molar-refractivity contribution in [2.24, 2.45) is 13.0 Å². The topological polar surface area (TPSA) is 63.1 Å². The summed E-state index contributed by atoms with van der Waals surface area (Å²) < 4.78 is 1.78. The Balaban J connectivity index is 1.80. The second kappa shape index (κ2) is 7.21. The van der Waals surface area contributed by atoms with Gasteiger partial charge in [0, 0.05) is 7.05 Å². The summed E-state index contributed by atoms with van der Waals surface area (Å²) in [4.78, 5) is 20.2. The summed E-state index contributed by atoms with van der Waals surface area (Å²) in [6, 6.07) is -0.0647. The molecule has 0 aromatic carbocycles. The van der Waals surface area contributed by atoms with Gasteiger partial charge in [0.2, 0.25) is 5.91 Å². The average Bonchev–Trinajstić information content (AvgIpc) is 3.27. The summed E-state index contributed by atoms with van der Waals surface area (Å²) in [5.74, 6) is 1.54. The normalized spacial score (nSPS) is 22.2. The number of hydrogen-bond acceptors (Lipinski definition) is 4. The number of carbonyl (C=O) groups is 1. The van der Waals surface area contributed by atoms with E-state index >= 15 is 0 Å². The highest BCUT2D eigenvalue weighted by Crippen LogP contribution is 2.38. The monoisotopic (exact) mass is 333 g/mol. The molecule has 1 aromatic heterocycles. The van der Waals surface area contributed by atoms with Crippen LogP contribution in [0.3, 0.4) is 0 Å². The maximum absolute atomic E-state index is 13.3. The van der Waals surface area contributed by atoms with Crippen LogP contribution >= 0.6 is 0 Å². The van der Waals surface area contributed by atoms with E-state index in [1.54, 1.807) is 11.0 Å². The first-order valence-electron chi connectivity index (χ1n) is 9.43. The minimum Gasteiger partial charge on any atom is -0.344 e. The quantitative estimate of drug-likeness (QED) is 0.868. The van der Waals surface area contributed by atoms with Crippen LogP contribution in [0, 0.1) is 5.92 Å². The van der Waals surface area contributed by atoms with Crippen LogP contribution in [0.15, 0.2) is 6.33 Å². The van der Waals surface area contributed by atoms with E-state index < -0.39 is 0 Å². The molecule has 1 aromatic rings. The molecule has 134 valence electrons. The van der Waals surface area contributed by atoms with E-state index in [1.165, 1.54) is 12.8 Å². The van der Waals surface area contributed by atoms with E-state index in [9.17, 15) is 4.79 Å². The van der Waals surface area contributed by atoms with Crippen LogP contribution in [-0.2, 0) is 11.8 Å². The number of hydrogen-bond donors (Lipinski definition) is 1. The average molecular weight is 333 g/mol. The molecule has 1 aliphatic heterocycles. The minimum absolute atomic E-state index is 0.0647. The highest BCUT2D eigenvalue weighted by molar-refractivity contribution is 5.87. The highest BCUT2D eigenvalue weighted by Gasteiger charge is 2.47. The zero-order valence-corrected chi connectivity index (χ0v) is 15.3. The molecule has 1 aliphatic carbocycles. The van der Waals surface area contributed by atoms with Crippen molar-refractivity contribution in [2.45, 2.75) is 70.4 Å². The van der Waals surface area contributed by atoms with E-state index in [2.05, 4.69) is 34.1 Å². The fourth-order valence-corrected chi connectivity index (χ4v) is 4.41. The molecule has 0 unspecified atom stereocenters. The summed E-state index contributed by atoms with van der Waals surface area (Å²) in [5, 5.41) is 7.54. The van der Waals surface area contributed by atoms with Crippen LogP contribution in [0.25, 0.3) is 0 Å². The number of rotatable bonds is 6. The van der Waals surface area contributed by atoms with Crippen LogP contribution in [0.5, 0.6) is 0 Å². The number of aryl methyl sites for hydroxylation is 1. The fourth-order valence-electron chi connectivity index (χ4n) is 4.41. The lowest BCUT2D eigenvalue weighted by Gasteiger charge is -2.38. The number of nitrogens with zero attached hydrogens (tertiary/aromatic N) is 4. The molecular formula is C18H31N5O. The Bertz CT molecular complexity index is 556. The lowest BCUT2D eigenvalue weighted by Crippen LogP contribution is -2.57. The zero-order chi connectivity index (χ0) is 17.2. The lowest BCUT2D eigenvalue weighted by molar-refractivity contribution is -0.133. The van der Waals surface area contributed by atoms with Crippen molar-refractivity contribution in [1.82, 2.24) is 25.0 Å². The third kappa shape index (κ3) is 3.34. The maximum Gasteiger partial charge on any atom is 0.241 e. The standard InChI is InChI=1S/C18H31N5O/c1-14(2)12-15(16-19-13-20-22(16)3)21-17(24)18(8-4-5-9-18)23-10-6-7-11-23/h13-15H,4-12H2,1-3H3,(H,21,24)/t15-/m0/s1. The van der Waals surface area contributed by atoms with E-state index in [0.29, 0.717) is 5.92 Å². The number of carbonyl (C=O) groups excluding carboxylic acids is 1. The predicted octanol–water partition coefficient (Wildman–Crippen LogP) is 2.43. The van der Waals surface area contributed by atoms with Crippen molar-refractivity contribution in [3.8, 4) is 0 Å². The summed E-state index contributed by atoms with van der Waals surface area (Å²) in [5.41, 5.74) is -0.287. The van der Waals surface area contributed by atoms with Crippen LogP contribution in [0.1, 0.15) is 70.7 Å². The van der Waals surface area contributed by atoms with Crippen molar-refractivity contribution < 1.29 is 4.79 Å². The zero-order valence-electron chi connectivity index (χ0n) is 15.3. The van der Waals surface area contributed by atoms with Gasteiger partial charge in [-0.3, -0.25) is 14.4 Å². The predicted molar refractivity (Wildman–Crippen MR) is 93.3 cm³/mol. The Morgan fingerprint density at radius 3 is 2.46 bits per heavy atom. The highest BCUT2D eigenvalue weighted by atomic mass is 16.2. The Morgan fingerprint density at radius 1 is 1.25 bits per heavy atom. The molecule has 0 spiro atoms. The van der Waals surface area contributed by atoms with Crippen LogP contribution in [0.4, 0.5) is 0 Å². The van der Waals surface area contributed by atoms with Gasteiger partial charge in [-0.25, -0.2) is 4.98 Å². The third-order valence-corrected chi connectivity index (χ3v) is 5.64. The van der Waals surface area contributed by atoms with Gasteiger partial charge in [-0.1, -0.05) is 26.7 Å². The molecule has 3 rings (SSSR count). The van der Waals surface area contributed by atoms with Gasteiger partial charge in [0.1, 0.15) is 17.7 Å². The first-order chi connectivity index (χ1) is 11.5. The van der Waals surface area contributed by atoms with Gasteiger partial charge in [0.05, 0.1) is 6.04 Å². The maximum atomic E-state index is 13.3. The van der Waals surface area contributed by atoms with E-state index in [-0.39, 0.29) is 17.5 Å². The Kier molecular flexibility index (Phi) is 5.23. The molecule has 0 radical (unpaired) electrons. The van der Waals surface area contributed by atoms with Crippen molar-refractivity contribution in [3.63, 3.8) is 0 Å². The second-order valence-corrected chi connectivity index (χ2v) is 7.83. The smallest absolute Gasteiger partial charge is 0.241 e. The molecular weight excluding hydrogens is 302 g/mol. The van der Waals surface area contributed by atoms with Gasteiger partial charge in [-0.15, -0.1) is 0 Å². The number of amides is 1. The molecule has 1 N–H and O–H groups in total. The van der Waals surface area contributed by atoms with Crippen molar-refractivity contribution in [1.29, 1.82) is 0 Å². The van der Waals surface area contributed by atoms with E-state index in [0.717, 1.165) is 51.0 Å². The fraction of sp³-hybridized carbons (Fsp3) is 0.833. The van der Waals surface area contributed by atoms with Gasteiger partial charge in [-0.05, 0) is 51.1 Å². The first-order valence-corrected chi connectivity index (χ1v) is 9.43. The van der Waals surface area contributed by atoms with Crippen molar-refractivity contribution in [3.05, 3.63) is 12.2 Å².